The van der Waals surface area contributed by atoms with Crippen LogP contribution in [0.1, 0.15) is 74.1 Å². The summed E-state index contributed by atoms with van der Waals surface area (Å²) < 4.78 is 0. The van der Waals surface area contributed by atoms with E-state index in [1.807, 2.05) is 27.7 Å². The van der Waals surface area contributed by atoms with Gasteiger partial charge in [0.25, 0.3) is 0 Å². The van der Waals surface area contributed by atoms with E-state index < -0.39 is 0 Å². The summed E-state index contributed by atoms with van der Waals surface area (Å²) in [6.07, 6.45) is 6.56. The second-order valence-corrected chi connectivity index (χ2v) is 5.49. The number of rotatable bonds is 0. The van der Waals surface area contributed by atoms with Crippen molar-refractivity contribution >= 4 is 5.71 Å². The molecule has 0 aromatic rings. The van der Waals surface area contributed by atoms with Gasteiger partial charge in [0, 0.05) is 6.42 Å². The van der Waals surface area contributed by atoms with Crippen LogP contribution in [0.5, 0.6) is 0 Å². The molecule has 0 saturated heterocycles. The molecule has 0 aromatic heterocycles. The average molecular weight is 267 g/mol. The molecule has 0 heterocycles. The molecule has 2 aliphatic carbocycles. The fraction of sp³-hybridized carbons (Fsp3) is 0.824. The molecule has 0 amide bonds. The van der Waals surface area contributed by atoms with Crippen LogP contribution < -0.4 is 0 Å². The largest absolute Gasteiger partial charge is 0.411 e. The van der Waals surface area contributed by atoms with E-state index in [2.05, 4.69) is 32.0 Å². The molecular weight excluding hydrogens is 234 g/mol. The number of allylic oxidation sites excluding steroid dienone is 2. The van der Waals surface area contributed by atoms with Crippen LogP contribution in [-0.4, -0.2) is 10.9 Å². The molecular formula is C17H33NO. The third-order valence-electron chi connectivity index (χ3n) is 4.80. The van der Waals surface area contributed by atoms with Gasteiger partial charge in [-0.1, -0.05) is 65.3 Å². The smallest absolute Gasteiger partial charge is 0.0611 e. The summed E-state index contributed by atoms with van der Waals surface area (Å²) in [5.74, 6) is 1.53. The van der Waals surface area contributed by atoms with Crippen molar-refractivity contribution in [2.45, 2.75) is 74.1 Å². The SMILES string of the molecule is CC.CC.CC1CC=C2C/C(=N/O)CCC2(C)C1C. The van der Waals surface area contributed by atoms with Gasteiger partial charge in [0.2, 0.25) is 0 Å². The van der Waals surface area contributed by atoms with Gasteiger partial charge < -0.3 is 5.21 Å². The number of hydrogen-bond donors (Lipinski definition) is 1. The Kier molecular flexibility index (Phi) is 8.05. The molecule has 1 N–H and O–H groups in total. The highest BCUT2D eigenvalue weighted by atomic mass is 16.4. The van der Waals surface area contributed by atoms with Crippen LogP contribution in [0.4, 0.5) is 0 Å². The van der Waals surface area contributed by atoms with Crippen molar-refractivity contribution in [3.63, 3.8) is 0 Å². The summed E-state index contributed by atoms with van der Waals surface area (Å²) in [6.45, 7) is 15.1. The molecule has 0 spiro atoms. The van der Waals surface area contributed by atoms with E-state index in [0.717, 1.165) is 36.8 Å². The zero-order valence-electron chi connectivity index (χ0n) is 14.0. The first-order valence-electron chi connectivity index (χ1n) is 7.97. The molecule has 2 heteroatoms. The molecule has 1 saturated carbocycles. The lowest BCUT2D eigenvalue weighted by Crippen LogP contribution is -2.39. The van der Waals surface area contributed by atoms with E-state index in [4.69, 9.17) is 5.21 Å². The molecule has 112 valence electrons. The van der Waals surface area contributed by atoms with Crippen LogP contribution >= 0.6 is 0 Å². The molecule has 3 unspecified atom stereocenters. The van der Waals surface area contributed by atoms with Gasteiger partial charge in [0.1, 0.15) is 0 Å². The molecule has 2 aliphatic rings. The van der Waals surface area contributed by atoms with E-state index >= 15 is 0 Å². The molecule has 0 aliphatic heterocycles. The lowest BCUT2D eigenvalue weighted by molar-refractivity contribution is 0.150. The van der Waals surface area contributed by atoms with Gasteiger partial charge in [-0.25, -0.2) is 0 Å². The lowest BCUT2D eigenvalue weighted by Gasteiger charge is -2.47. The van der Waals surface area contributed by atoms with Gasteiger partial charge in [-0.2, -0.15) is 0 Å². The van der Waals surface area contributed by atoms with Crippen LogP contribution in [0, 0.1) is 17.3 Å². The molecule has 0 bridgehead atoms. The van der Waals surface area contributed by atoms with Crippen LogP contribution in [0.25, 0.3) is 0 Å². The molecule has 2 rings (SSSR count). The fourth-order valence-electron chi connectivity index (χ4n) is 3.15. The van der Waals surface area contributed by atoms with Crippen LogP contribution in [0.2, 0.25) is 0 Å². The first-order chi connectivity index (χ1) is 9.08. The summed E-state index contributed by atoms with van der Waals surface area (Å²) >= 11 is 0. The van der Waals surface area contributed by atoms with Crippen molar-refractivity contribution in [1.29, 1.82) is 0 Å². The first kappa shape index (κ1) is 18.2. The van der Waals surface area contributed by atoms with Gasteiger partial charge >= 0.3 is 0 Å². The Bertz CT molecular complexity index is 319. The number of fused-ring (bicyclic) bond motifs is 1. The Hall–Kier alpha value is -0.790. The summed E-state index contributed by atoms with van der Waals surface area (Å²) in [4.78, 5) is 0. The Morgan fingerprint density at radius 3 is 2.32 bits per heavy atom. The van der Waals surface area contributed by atoms with Crippen LogP contribution in [0.3, 0.4) is 0 Å². The van der Waals surface area contributed by atoms with Crippen molar-refractivity contribution in [3.8, 4) is 0 Å². The van der Waals surface area contributed by atoms with E-state index in [1.165, 1.54) is 12.0 Å². The minimum atomic E-state index is 0.353. The van der Waals surface area contributed by atoms with Crippen molar-refractivity contribution in [3.05, 3.63) is 11.6 Å². The van der Waals surface area contributed by atoms with E-state index in [-0.39, 0.29) is 0 Å². The molecule has 1 fully saturated rings. The summed E-state index contributed by atoms with van der Waals surface area (Å²) in [5, 5.41) is 12.2. The zero-order valence-corrected chi connectivity index (χ0v) is 14.0. The predicted octanol–water partition coefficient (Wildman–Crippen LogP) is 5.66. The predicted molar refractivity (Wildman–Crippen MR) is 84.9 cm³/mol. The maximum Gasteiger partial charge on any atom is 0.0611 e. The Morgan fingerprint density at radius 1 is 1.21 bits per heavy atom. The normalized spacial score (nSPS) is 35.1. The molecule has 19 heavy (non-hydrogen) atoms. The summed E-state index contributed by atoms with van der Waals surface area (Å²) in [6, 6.07) is 0. The van der Waals surface area contributed by atoms with Gasteiger partial charge in [0.15, 0.2) is 0 Å². The minimum absolute atomic E-state index is 0.353. The maximum absolute atomic E-state index is 8.84. The third kappa shape index (κ3) is 3.84. The van der Waals surface area contributed by atoms with Crippen molar-refractivity contribution in [2.75, 3.05) is 0 Å². The second kappa shape index (κ2) is 8.39. The van der Waals surface area contributed by atoms with E-state index in [9.17, 15) is 0 Å². The van der Waals surface area contributed by atoms with Gasteiger partial charge in [-0.05, 0) is 36.5 Å². The van der Waals surface area contributed by atoms with Crippen LogP contribution in [0.15, 0.2) is 16.8 Å². The van der Waals surface area contributed by atoms with Gasteiger partial charge in [0.05, 0.1) is 5.71 Å². The molecule has 3 atom stereocenters. The quantitative estimate of drug-likeness (QED) is 0.343. The van der Waals surface area contributed by atoms with Gasteiger partial charge in [-0.3, -0.25) is 0 Å². The second-order valence-electron chi connectivity index (χ2n) is 5.49. The fourth-order valence-corrected chi connectivity index (χ4v) is 3.15. The highest BCUT2D eigenvalue weighted by Crippen LogP contribution is 2.51. The topological polar surface area (TPSA) is 32.6 Å². The summed E-state index contributed by atoms with van der Waals surface area (Å²) in [5.41, 5.74) is 2.82. The van der Waals surface area contributed by atoms with Gasteiger partial charge in [-0.15, -0.1) is 0 Å². The minimum Gasteiger partial charge on any atom is -0.411 e. The Balaban J connectivity index is 0.000000741. The number of oxime groups is 1. The third-order valence-corrected chi connectivity index (χ3v) is 4.80. The zero-order chi connectivity index (χ0) is 15.1. The van der Waals surface area contributed by atoms with Crippen molar-refractivity contribution in [2.24, 2.45) is 22.4 Å². The average Bonchev–Trinajstić information content (AvgIpc) is 2.48. The maximum atomic E-state index is 8.84. The number of hydrogen-bond acceptors (Lipinski definition) is 2. The van der Waals surface area contributed by atoms with Crippen LogP contribution in [-0.2, 0) is 0 Å². The monoisotopic (exact) mass is 267 g/mol. The Labute approximate surface area is 120 Å². The lowest BCUT2D eigenvalue weighted by atomic mass is 9.58. The first-order valence-corrected chi connectivity index (χ1v) is 7.97. The standard InChI is InChI=1S/C13H21NO.2C2H6/c1-9-4-5-11-8-12(14-15)6-7-13(11,3)10(9)2;2*1-2/h5,9-10,15H,4,6-8H2,1-3H3;2*1-2H3/b14-12+;;. The highest BCUT2D eigenvalue weighted by molar-refractivity contribution is 5.87. The highest BCUT2D eigenvalue weighted by Gasteiger charge is 2.42. The van der Waals surface area contributed by atoms with Crippen molar-refractivity contribution < 1.29 is 5.21 Å². The molecule has 2 nitrogen and oxygen atoms in total. The number of nitrogens with zero attached hydrogens (tertiary/aromatic N) is 1. The molecule has 0 aromatic carbocycles. The Morgan fingerprint density at radius 2 is 1.79 bits per heavy atom. The van der Waals surface area contributed by atoms with E-state index in [0.29, 0.717) is 5.41 Å². The van der Waals surface area contributed by atoms with Crippen molar-refractivity contribution in [1.82, 2.24) is 0 Å². The van der Waals surface area contributed by atoms with E-state index in [1.54, 1.807) is 0 Å². The molecule has 0 radical (unpaired) electrons. The summed E-state index contributed by atoms with van der Waals surface area (Å²) in [7, 11) is 0.